The van der Waals surface area contributed by atoms with Crippen LogP contribution in [0.2, 0.25) is 0 Å². The molecule has 17 heavy (non-hydrogen) atoms. The molecule has 0 aliphatic rings. The number of carbonyl (C=O) groups excluding carboxylic acids is 1. The molecule has 1 aromatic carbocycles. The summed E-state index contributed by atoms with van der Waals surface area (Å²) in [5.74, 6) is 0. The summed E-state index contributed by atoms with van der Waals surface area (Å²) in [5.41, 5.74) is 7.23. The van der Waals surface area contributed by atoms with Crippen LogP contribution in [0.5, 0.6) is 0 Å². The van der Waals surface area contributed by atoms with Crippen molar-refractivity contribution >= 4 is 6.16 Å². The minimum atomic E-state index is -0.691. The molecule has 4 heteroatoms. The molecule has 0 fully saturated rings. The van der Waals surface area contributed by atoms with Crippen LogP contribution < -0.4 is 5.73 Å². The van der Waals surface area contributed by atoms with Crippen LogP contribution >= 0.6 is 0 Å². The summed E-state index contributed by atoms with van der Waals surface area (Å²) in [5, 5.41) is 0. The van der Waals surface area contributed by atoms with Crippen LogP contribution in [0.15, 0.2) is 24.3 Å². The van der Waals surface area contributed by atoms with Crippen LogP contribution in [0.25, 0.3) is 0 Å². The van der Waals surface area contributed by atoms with E-state index in [0.29, 0.717) is 0 Å². The summed E-state index contributed by atoms with van der Waals surface area (Å²) < 4.78 is 9.81. The van der Waals surface area contributed by atoms with Crippen molar-refractivity contribution in [2.45, 2.75) is 32.9 Å². The minimum Gasteiger partial charge on any atom is -0.432 e. The summed E-state index contributed by atoms with van der Waals surface area (Å²) in [6.45, 7) is 5.91. The normalized spacial score (nSPS) is 11.1. The Bertz CT molecular complexity index is 365. The van der Waals surface area contributed by atoms with Gasteiger partial charge in [0.1, 0.15) is 13.2 Å². The average molecular weight is 237 g/mol. The first-order valence-corrected chi connectivity index (χ1v) is 5.51. The van der Waals surface area contributed by atoms with E-state index in [1.807, 2.05) is 31.2 Å². The summed E-state index contributed by atoms with van der Waals surface area (Å²) >= 11 is 0. The van der Waals surface area contributed by atoms with Crippen LogP contribution in [0.3, 0.4) is 0 Å². The number of hydrogen-bond donors (Lipinski definition) is 1. The molecule has 0 unspecified atom stereocenters. The Morgan fingerprint density at radius 1 is 1.24 bits per heavy atom. The Morgan fingerprint density at radius 3 is 2.35 bits per heavy atom. The lowest BCUT2D eigenvalue weighted by atomic mass is 10.1. The van der Waals surface area contributed by atoms with Gasteiger partial charge in [0.2, 0.25) is 0 Å². The summed E-state index contributed by atoms with van der Waals surface area (Å²) in [6.07, 6.45) is -0.691. The molecule has 1 rings (SSSR count). The molecule has 94 valence electrons. The van der Waals surface area contributed by atoms with Gasteiger partial charge < -0.3 is 15.2 Å². The lowest BCUT2D eigenvalue weighted by Crippen LogP contribution is -2.38. The van der Waals surface area contributed by atoms with Gasteiger partial charge in [-0.25, -0.2) is 4.79 Å². The van der Waals surface area contributed by atoms with Crippen LogP contribution in [-0.2, 0) is 16.1 Å². The van der Waals surface area contributed by atoms with Crippen LogP contribution in [-0.4, -0.2) is 18.3 Å². The molecule has 0 amide bonds. The van der Waals surface area contributed by atoms with E-state index in [1.165, 1.54) is 5.56 Å². The fraction of sp³-hybridized carbons (Fsp3) is 0.462. The first-order valence-electron chi connectivity index (χ1n) is 5.51. The van der Waals surface area contributed by atoms with Crippen molar-refractivity contribution in [1.82, 2.24) is 0 Å². The van der Waals surface area contributed by atoms with Gasteiger partial charge in [-0.05, 0) is 26.3 Å². The van der Waals surface area contributed by atoms with Crippen molar-refractivity contribution < 1.29 is 14.3 Å². The monoisotopic (exact) mass is 237 g/mol. The highest BCUT2D eigenvalue weighted by atomic mass is 16.7. The topological polar surface area (TPSA) is 61.5 Å². The molecule has 0 atom stereocenters. The first kappa shape index (κ1) is 13.5. The second kappa shape index (κ2) is 5.68. The molecule has 0 saturated carbocycles. The van der Waals surface area contributed by atoms with Gasteiger partial charge in [-0.3, -0.25) is 0 Å². The minimum absolute atomic E-state index is 0.139. The number of nitrogens with two attached hydrogens (primary N) is 1. The Kier molecular flexibility index (Phi) is 4.52. The van der Waals surface area contributed by atoms with E-state index in [0.717, 1.165) is 5.56 Å². The molecule has 1 aromatic rings. The van der Waals surface area contributed by atoms with Crippen molar-refractivity contribution in [1.29, 1.82) is 0 Å². The second-order valence-electron chi connectivity index (χ2n) is 4.80. The maximum atomic E-state index is 11.2. The molecule has 0 aliphatic heterocycles. The van der Waals surface area contributed by atoms with E-state index in [2.05, 4.69) is 0 Å². The molecule has 0 heterocycles. The smallest absolute Gasteiger partial charge is 0.432 e. The highest BCUT2D eigenvalue weighted by molar-refractivity contribution is 5.60. The second-order valence-corrected chi connectivity index (χ2v) is 4.80. The van der Waals surface area contributed by atoms with Gasteiger partial charge in [-0.1, -0.05) is 29.8 Å². The van der Waals surface area contributed by atoms with Gasteiger partial charge in [0, 0.05) is 5.54 Å². The number of rotatable bonds is 4. The summed E-state index contributed by atoms with van der Waals surface area (Å²) in [4.78, 5) is 11.2. The molecule has 0 radical (unpaired) electrons. The standard InChI is InChI=1S/C13H19NO3/c1-10-4-6-11(7-5-10)8-16-12(15)17-9-13(2,3)14/h4-7H,8-9,14H2,1-3H3. The number of hydrogen-bond acceptors (Lipinski definition) is 4. The van der Waals surface area contributed by atoms with E-state index >= 15 is 0 Å². The van der Waals surface area contributed by atoms with Gasteiger partial charge in [-0.2, -0.15) is 0 Å². The van der Waals surface area contributed by atoms with Gasteiger partial charge >= 0.3 is 6.16 Å². The lowest BCUT2D eigenvalue weighted by molar-refractivity contribution is 0.0385. The van der Waals surface area contributed by atoms with E-state index in [-0.39, 0.29) is 13.2 Å². The molecule has 0 bridgehead atoms. The first-order chi connectivity index (χ1) is 7.87. The largest absolute Gasteiger partial charge is 0.508 e. The van der Waals surface area contributed by atoms with Crippen molar-refractivity contribution in [3.05, 3.63) is 35.4 Å². The zero-order valence-corrected chi connectivity index (χ0v) is 10.5. The van der Waals surface area contributed by atoms with Crippen LogP contribution in [0.1, 0.15) is 25.0 Å². The Balaban J connectivity index is 2.31. The number of ether oxygens (including phenoxy) is 2. The molecule has 4 nitrogen and oxygen atoms in total. The van der Waals surface area contributed by atoms with Gasteiger partial charge in [0.25, 0.3) is 0 Å². The van der Waals surface area contributed by atoms with Crippen molar-refractivity contribution in [2.24, 2.45) is 5.73 Å². The predicted molar refractivity (Wildman–Crippen MR) is 65.6 cm³/mol. The molecular formula is C13H19NO3. The fourth-order valence-corrected chi connectivity index (χ4v) is 1.11. The molecule has 0 saturated heterocycles. The molecule has 0 aromatic heterocycles. The third kappa shape index (κ3) is 5.92. The SMILES string of the molecule is Cc1ccc(COC(=O)OCC(C)(C)N)cc1. The van der Waals surface area contributed by atoms with Crippen molar-refractivity contribution in [2.75, 3.05) is 6.61 Å². The van der Waals surface area contributed by atoms with Crippen LogP contribution in [0.4, 0.5) is 4.79 Å². The summed E-state index contributed by atoms with van der Waals surface area (Å²) in [6, 6.07) is 7.75. The highest BCUT2D eigenvalue weighted by Gasteiger charge is 2.14. The van der Waals surface area contributed by atoms with Gasteiger partial charge in [-0.15, -0.1) is 0 Å². The molecule has 0 aliphatic carbocycles. The lowest BCUT2D eigenvalue weighted by Gasteiger charge is -2.17. The third-order valence-corrected chi connectivity index (χ3v) is 2.04. The predicted octanol–water partition coefficient (Wildman–Crippen LogP) is 2.39. The maximum Gasteiger partial charge on any atom is 0.508 e. The summed E-state index contributed by atoms with van der Waals surface area (Å²) in [7, 11) is 0. The fourth-order valence-electron chi connectivity index (χ4n) is 1.11. The Morgan fingerprint density at radius 2 is 1.82 bits per heavy atom. The number of aryl methyl sites for hydroxylation is 1. The number of carbonyl (C=O) groups is 1. The molecule has 2 N–H and O–H groups in total. The van der Waals surface area contributed by atoms with E-state index in [1.54, 1.807) is 13.8 Å². The average Bonchev–Trinajstić information content (AvgIpc) is 2.25. The molecular weight excluding hydrogens is 218 g/mol. The van der Waals surface area contributed by atoms with Crippen molar-refractivity contribution in [3.63, 3.8) is 0 Å². The number of benzene rings is 1. The molecule has 0 spiro atoms. The van der Waals surface area contributed by atoms with E-state index in [9.17, 15) is 4.79 Å². The zero-order chi connectivity index (χ0) is 12.9. The maximum absolute atomic E-state index is 11.2. The van der Waals surface area contributed by atoms with Crippen molar-refractivity contribution in [3.8, 4) is 0 Å². The van der Waals surface area contributed by atoms with E-state index < -0.39 is 11.7 Å². The van der Waals surface area contributed by atoms with Gasteiger partial charge in [0.05, 0.1) is 0 Å². The zero-order valence-electron chi connectivity index (χ0n) is 10.5. The van der Waals surface area contributed by atoms with E-state index in [4.69, 9.17) is 15.2 Å². The van der Waals surface area contributed by atoms with Gasteiger partial charge in [0.15, 0.2) is 0 Å². The Hall–Kier alpha value is -1.55. The Labute approximate surface area is 102 Å². The van der Waals surface area contributed by atoms with Crippen LogP contribution in [0, 0.1) is 6.92 Å². The highest BCUT2D eigenvalue weighted by Crippen LogP contribution is 2.06. The quantitative estimate of drug-likeness (QED) is 0.817. The third-order valence-electron chi connectivity index (χ3n) is 2.04.